The molecule has 3 rings (SSSR count). The van der Waals surface area contributed by atoms with Crippen molar-refractivity contribution in [3.63, 3.8) is 0 Å². The van der Waals surface area contributed by atoms with Crippen LogP contribution in [0.25, 0.3) is 10.8 Å². The number of nitrogens with zero attached hydrogens (tertiary/aromatic N) is 3. The summed E-state index contributed by atoms with van der Waals surface area (Å²) in [6.45, 7) is 0. The molecule has 0 aliphatic carbocycles. The Morgan fingerprint density at radius 1 is 0.970 bits per heavy atom. The summed E-state index contributed by atoms with van der Waals surface area (Å²) in [5, 5.41) is 29.6. The smallest absolute Gasteiger partial charge is 0.872 e. The normalized spacial score (nSPS) is 11.7. The molecule has 0 atom stereocenters. The second-order valence-corrected chi connectivity index (χ2v) is 8.83. The van der Waals surface area contributed by atoms with E-state index in [1.807, 2.05) is 0 Å². The topological polar surface area (TPSA) is 229 Å². The first-order chi connectivity index (χ1) is 14.3. The minimum Gasteiger partial charge on any atom is -0.872 e. The van der Waals surface area contributed by atoms with Crippen LogP contribution in [0.5, 0.6) is 5.75 Å². The van der Waals surface area contributed by atoms with E-state index in [0.717, 1.165) is 18.2 Å². The van der Waals surface area contributed by atoms with Crippen molar-refractivity contribution >= 4 is 53.8 Å². The molecule has 0 saturated heterocycles. The van der Waals surface area contributed by atoms with Crippen molar-refractivity contribution in [3.05, 3.63) is 52.6 Å². The predicted octanol–water partition coefficient (Wildman–Crippen LogP) is -4.02. The van der Waals surface area contributed by atoms with Crippen molar-refractivity contribution in [2.45, 2.75) is 9.79 Å². The second-order valence-electron chi connectivity index (χ2n) is 6.06. The van der Waals surface area contributed by atoms with Crippen molar-refractivity contribution in [2.75, 3.05) is 5.73 Å². The summed E-state index contributed by atoms with van der Waals surface area (Å²) >= 11 is 0. The van der Waals surface area contributed by atoms with Crippen LogP contribution in [-0.4, -0.2) is 30.9 Å². The summed E-state index contributed by atoms with van der Waals surface area (Å²) in [7, 11) is -10.0. The number of hydrogen-bond donors (Lipinski definition) is 2. The maximum atomic E-state index is 12.3. The number of nitrogen functional groups attached to an aromatic ring is 1. The molecule has 0 aliphatic rings. The van der Waals surface area contributed by atoms with Gasteiger partial charge in [0.2, 0.25) is 0 Å². The molecule has 3 aromatic carbocycles. The average Bonchev–Trinajstić information content (AvgIpc) is 2.65. The second kappa shape index (κ2) is 11.6. The van der Waals surface area contributed by atoms with Crippen molar-refractivity contribution < 1.29 is 139 Å². The quantitative estimate of drug-likeness (QED) is 0.0789. The summed E-state index contributed by atoms with van der Waals surface area (Å²) in [6.07, 6.45) is 0. The Morgan fingerprint density at radius 2 is 1.55 bits per heavy atom. The van der Waals surface area contributed by atoms with Gasteiger partial charge >= 0.3 is 103 Å². The Kier molecular flexibility index (Phi) is 10.7. The van der Waals surface area contributed by atoms with E-state index < -0.39 is 52.1 Å². The zero-order valence-corrected chi connectivity index (χ0v) is 24.9. The third kappa shape index (κ3) is 7.07. The molecular weight excluding hydrogens is 535 g/mol. The fraction of sp³-hybridized carbons (Fsp3) is 0. The first kappa shape index (κ1) is 30.6. The zero-order valence-electron chi connectivity index (χ0n) is 17.0. The van der Waals surface area contributed by atoms with Gasteiger partial charge in [-0.25, -0.2) is 8.42 Å². The third-order valence-electron chi connectivity index (χ3n) is 4.04. The summed E-state index contributed by atoms with van der Waals surface area (Å²) in [6, 6.07) is 6.63. The summed E-state index contributed by atoms with van der Waals surface area (Å²) in [5.41, 5.74) is 4.42. The molecule has 0 radical (unpaired) electrons. The monoisotopic (exact) mass is 544 g/mol. The van der Waals surface area contributed by atoms with Gasteiger partial charge in [0.05, 0.1) is 26.1 Å². The number of nitro benzene ring substituents is 1. The maximum Gasteiger partial charge on any atom is 1.00 e. The largest absolute Gasteiger partial charge is 1.00 e. The van der Waals surface area contributed by atoms with E-state index in [4.69, 9.17) is 10.3 Å². The van der Waals surface area contributed by atoms with E-state index in [0.29, 0.717) is 12.1 Å². The van der Waals surface area contributed by atoms with Crippen LogP contribution in [0.2, 0.25) is 0 Å². The Morgan fingerprint density at radius 3 is 2.03 bits per heavy atom. The van der Waals surface area contributed by atoms with Crippen LogP contribution in [0.1, 0.15) is 0 Å². The molecule has 0 aromatic heterocycles. The van der Waals surface area contributed by atoms with Gasteiger partial charge in [-0.15, -0.1) is 5.11 Å². The molecule has 0 heterocycles. The summed E-state index contributed by atoms with van der Waals surface area (Å²) in [5.74, 6) is -0.982. The molecule has 3 N–H and O–H groups in total. The molecule has 0 fully saturated rings. The van der Waals surface area contributed by atoms with Crippen molar-refractivity contribution in [1.82, 2.24) is 0 Å². The van der Waals surface area contributed by atoms with E-state index in [9.17, 15) is 36.6 Å². The van der Waals surface area contributed by atoms with Crippen LogP contribution in [0.4, 0.5) is 22.7 Å². The van der Waals surface area contributed by atoms with Crippen LogP contribution >= 0.6 is 0 Å². The molecule has 0 bridgehead atoms. The van der Waals surface area contributed by atoms with E-state index >= 15 is 0 Å². The Hall–Kier alpha value is -0.387. The van der Waals surface area contributed by atoms with Gasteiger partial charge < -0.3 is 15.4 Å². The van der Waals surface area contributed by atoms with Crippen LogP contribution in [-0.2, 0) is 20.2 Å². The number of fused-ring (bicyclic) bond motifs is 1. The number of azo groups is 1. The molecule has 0 saturated carbocycles. The van der Waals surface area contributed by atoms with Gasteiger partial charge in [-0.3, -0.25) is 14.7 Å². The van der Waals surface area contributed by atoms with Gasteiger partial charge in [0.15, 0.2) is 0 Å². The van der Waals surface area contributed by atoms with Crippen molar-refractivity contribution in [1.29, 1.82) is 0 Å². The molecule has 3 aromatic rings. The van der Waals surface area contributed by atoms with Crippen LogP contribution in [0.15, 0.2) is 62.5 Å². The minimum atomic E-state index is -5.22. The molecule has 33 heavy (non-hydrogen) atoms. The molecule has 17 heteroatoms. The minimum absolute atomic E-state index is 0. The van der Waals surface area contributed by atoms with Crippen LogP contribution < -0.4 is 114 Å². The summed E-state index contributed by atoms with van der Waals surface area (Å²) in [4.78, 5) is 8.22. The fourth-order valence-electron chi connectivity index (χ4n) is 2.66. The van der Waals surface area contributed by atoms with Gasteiger partial charge in [-0.05, 0) is 41.1 Å². The number of anilines is 1. The zero-order chi connectivity index (χ0) is 23.1. The summed E-state index contributed by atoms with van der Waals surface area (Å²) < 4.78 is 66.9. The van der Waals surface area contributed by atoms with Gasteiger partial charge in [-0.2, -0.15) is 13.5 Å². The van der Waals surface area contributed by atoms with Gasteiger partial charge in [0.1, 0.15) is 15.8 Å². The standard InChI is InChI=1S/C16H12N4O9S2.2K/c17-15-14-8(5-11(7-12(14)21)30(24,25)26)6-13(31(27,28)29)16(15)19-18-9-1-3-10(4-2-9)20(22)23;;/h1-7,21H,17H2,(H,24,25,26)(H,27,28,29);;/q;2*+1/p-2. The SMILES string of the molecule is Nc1c(N=Nc2ccc([N+](=O)[O-])cc2)c(S(=O)(=O)[O-])cc2cc(S(=O)(=O)O)cc([O-])c12.[K+].[K+]. The van der Waals surface area contributed by atoms with Crippen molar-refractivity contribution in [2.24, 2.45) is 10.2 Å². The number of nitro groups is 1. The van der Waals surface area contributed by atoms with Gasteiger partial charge in [0.25, 0.3) is 15.8 Å². The maximum absolute atomic E-state index is 12.3. The first-order valence-corrected chi connectivity index (χ1v) is 10.8. The molecule has 0 amide bonds. The third-order valence-corrected chi connectivity index (χ3v) is 5.73. The van der Waals surface area contributed by atoms with Crippen LogP contribution in [0.3, 0.4) is 0 Å². The number of rotatable bonds is 5. The van der Waals surface area contributed by atoms with Crippen molar-refractivity contribution in [3.8, 4) is 5.75 Å². The predicted molar refractivity (Wildman–Crippen MR) is 103 cm³/mol. The Balaban J connectivity index is 0.00000272. The number of benzene rings is 3. The number of hydrogen-bond acceptors (Lipinski definition) is 11. The first-order valence-electron chi connectivity index (χ1n) is 7.96. The Labute approximate surface area is 272 Å². The number of non-ortho nitro benzene ring substituents is 1. The number of nitrogens with two attached hydrogens (primary N) is 1. The van der Waals surface area contributed by atoms with E-state index in [1.165, 1.54) is 12.1 Å². The van der Waals surface area contributed by atoms with Gasteiger partial charge in [-0.1, -0.05) is 5.75 Å². The molecule has 0 unspecified atom stereocenters. The van der Waals surface area contributed by atoms with Gasteiger partial charge in [0, 0.05) is 12.1 Å². The van der Waals surface area contributed by atoms with E-state index in [-0.39, 0.29) is 125 Å². The average molecular weight is 545 g/mol. The molecule has 162 valence electrons. The van der Waals surface area contributed by atoms with Crippen LogP contribution in [0, 0.1) is 10.1 Å². The van der Waals surface area contributed by atoms with E-state index in [2.05, 4.69) is 10.2 Å². The molecule has 0 aliphatic heterocycles. The molecule has 13 nitrogen and oxygen atoms in total. The fourth-order valence-corrected chi connectivity index (χ4v) is 3.86. The molecule has 0 spiro atoms. The Bertz CT molecular complexity index is 1480. The van der Waals surface area contributed by atoms with E-state index in [1.54, 1.807) is 0 Å². The molecular formula is C16H10K2N4O9S2.